The first-order valence-electron chi connectivity index (χ1n) is 3.72. The Bertz CT molecular complexity index is 167. The molecule has 0 aliphatic carbocycles. The molecule has 11 heavy (non-hydrogen) atoms. The van der Waals surface area contributed by atoms with Crippen LogP contribution in [0.1, 0.15) is 6.42 Å². The molecule has 1 heterocycles. The summed E-state index contributed by atoms with van der Waals surface area (Å²) in [5, 5.41) is 0. The number of likely N-dealkylation sites (tertiary alicyclic amines) is 1. The Morgan fingerprint density at radius 3 is 3.00 bits per heavy atom. The highest BCUT2D eigenvalue weighted by Gasteiger charge is 2.26. The van der Waals surface area contributed by atoms with E-state index in [0.717, 1.165) is 19.5 Å². The third-order valence-electron chi connectivity index (χ3n) is 2.01. The number of methoxy groups -OCH3 is 1. The lowest BCUT2D eigenvalue weighted by atomic mass is 10.1. The standard InChI is InChI=1S/C8H13NO2/c1-3-9-5-4-7(6-9)8(10)11-2/h3,7H,1,4-6H2,2H3. The van der Waals surface area contributed by atoms with Crippen LogP contribution < -0.4 is 0 Å². The number of hydrogen-bond donors (Lipinski definition) is 0. The van der Waals surface area contributed by atoms with Gasteiger partial charge in [0, 0.05) is 13.1 Å². The molecule has 1 unspecified atom stereocenters. The highest BCUT2D eigenvalue weighted by molar-refractivity contribution is 5.72. The van der Waals surface area contributed by atoms with Crippen molar-refractivity contribution in [2.45, 2.75) is 6.42 Å². The maximum atomic E-state index is 11.0. The summed E-state index contributed by atoms with van der Waals surface area (Å²) in [6.45, 7) is 5.32. The first-order valence-corrected chi connectivity index (χ1v) is 3.72. The summed E-state index contributed by atoms with van der Waals surface area (Å²) in [4.78, 5) is 13.0. The molecule has 3 nitrogen and oxygen atoms in total. The van der Waals surface area contributed by atoms with Crippen molar-refractivity contribution in [3.05, 3.63) is 12.8 Å². The number of esters is 1. The smallest absolute Gasteiger partial charge is 0.310 e. The summed E-state index contributed by atoms with van der Waals surface area (Å²) >= 11 is 0. The molecule has 1 saturated heterocycles. The van der Waals surface area contributed by atoms with Gasteiger partial charge in [0.15, 0.2) is 0 Å². The van der Waals surface area contributed by atoms with Gasteiger partial charge in [-0.1, -0.05) is 6.58 Å². The number of rotatable bonds is 2. The lowest BCUT2D eigenvalue weighted by molar-refractivity contribution is -0.144. The molecule has 0 aromatic heterocycles. The van der Waals surface area contributed by atoms with Crippen LogP contribution in [0.25, 0.3) is 0 Å². The third-order valence-corrected chi connectivity index (χ3v) is 2.01. The molecular weight excluding hydrogens is 142 g/mol. The summed E-state index contributed by atoms with van der Waals surface area (Å²) in [5.41, 5.74) is 0. The highest BCUT2D eigenvalue weighted by atomic mass is 16.5. The highest BCUT2D eigenvalue weighted by Crippen LogP contribution is 2.16. The Hall–Kier alpha value is -0.990. The van der Waals surface area contributed by atoms with Crippen molar-refractivity contribution < 1.29 is 9.53 Å². The van der Waals surface area contributed by atoms with Gasteiger partial charge in [-0.05, 0) is 12.6 Å². The zero-order valence-electron chi connectivity index (χ0n) is 6.75. The van der Waals surface area contributed by atoms with Crippen LogP contribution in [0.15, 0.2) is 12.8 Å². The Balaban J connectivity index is 2.41. The maximum absolute atomic E-state index is 11.0. The molecule has 1 atom stereocenters. The van der Waals surface area contributed by atoms with Gasteiger partial charge in [0.2, 0.25) is 0 Å². The van der Waals surface area contributed by atoms with E-state index < -0.39 is 0 Å². The normalized spacial score (nSPS) is 23.4. The quantitative estimate of drug-likeness (QED) is 0.548. The summed E-state index contributed by atoms with van der Waals surface area (Å²) in [6, 6.07) is 0. The molecule has 0 saturated carbocycles. The van der Waals surface area contributed by atoms with Crippen molar-refractivity contribution in [1.82, 2.24) is 4.90 Å². The molecule has 1 rings (SSSR count). The average Bonchev–Trinajstić information content (AvgIpc) is 2.50. The fourth-order valence-corrected chi connectivity index (χ4v) is 1.31. The Morgan fingerprint density at radius 2 is 2.55 bits per heavy atom. The van der Waals surface area contributed by atoms with Crippen LogP contribution in [-0.2, 0) is 9.53 Å². The van der Waals surface area contributed by atoms with E-state index in [9.17, 15) is 4.79 Å². The zero-order valence-corrected chi connectivity index (χ0v) is 6.75. The van der Waals surface area contributed by atoms with E-state index in [1.807, 2.05) is 4.90 Å². The largest absolute Gasteiger partial charge is 0.469 e. The van der Waals surface area contributed by atoms with Crippen LogP contribution in [0.4, 0.5) is 0 Å². The topological polar surface area (TPSA) is 29.5 Å². The fourth-order valence-electron chi connectivity index (χ4n) is 1.31. The minimum Gasteiger partial charge on any atom is -0.469 e. The molecule has 62 valence electrons. The summed E-state index contributed by atoms with van der Waals surface area (Å²) < 4.78 is 4.63. The molecule has 1 fully saturated rings. The molecular formula is C8H13NO2. The van der Waals surface area contributed by atoms with Crippen LogP contribution in [0.2, 0.25) is 0 Å². The van der Waals surface area contributed by atoms with E-state index in [1.54, 1.807) is 6.20 Å². The SMILES string of the molecule is C=CN1CCC(C(=O)OC)C1. The van der Waals surface area contributed by atoms with Gasteiger partial charge in [-0.25, -0.2) is 0 Å². The molecule has 3 heteroatoms. The van der Waals surface area contributed by atoms with E-state index in [2.05, 4.69) is 11.3 Å². The lowest BCUT2D eigenvalue weighted by Gasteiger charge is -2.10. The molecule has 1 aliphatic rings. The van der Waals surface area contributed by atoms with Gasteiger partial charge in [0.1, 0.15) is 0 Å². The maximum Gasteiger partial charge on any atom is 0.310 e. The zero-order chi connectivity index (χ0) is 8.27. The van der Waals surface area contributed by atoms with Crippen molar-refractivity contribution >= 4 is 5.97 Å². The first-order chi connectivity index (χ1) is 5.27. The number of ether oxygens (including phenoxy) is 1. The Morgan fingerprint density at radius 1 is 1.82 bits per heavy atom. The molecule has 1 aliphatic heterocycles. The minimum absolute atomic E-state index is 0.0537. The van der Waals surface area contributed by atoms with Crippen LogP contribution in [0.5, 0.6) is 0 Å². The van der Waals surface area contributed by atoms with Gasteiger partial charge >= 0.3 is 5.97 Å². The molecule has 0 aromatic rings. The minimum atomic E-state index is -0.102. The van der Waals surface area contributed by atoms with E-state index in [0.29, 0.717) is 0 Å². The summed E-state index contributed by atoms with van der Waals surface area (Å²) in [6.07, 6.45) is 2.65. The van der Waals surface area contributed by atoms with E-state index in [1.165, 1.54) is 7.11 Å². The second kappa shape index (κ2) is 3.42. The van der Waals surface area contributed by atoms with Crippen LogP contribution in [0, 0.1) is 5.92 Å². The molecule has 0 N–H and O–H groups in total. The van der Waals surface area contributed by atoms with Crippen molar-refractivity contribution in [2.24, 2.45) is 5.92 Å². The summed E-state index contributed by atoms with van der Waals surface area (Å²) in [5.74, 6) is -0.0487. The van der Waals surface area contributed by atoms with Crippen molar-refractivity contribution in [3.8, 4) is 0 Å². The van der Waals surface area contributed by atoms with Gasteiger partial charge in [-0.3, -0.25) is 4.79 Å². The predicted molar refractivity (Wildman–Crippen MR) is 41.9 cm³/mol. The predicted octanol–water partition coefficient (Wildman–Crippen LogP) is 0.625. The van der Waals surface area contributed by atoms with Crippen LogP contribution in [0.3, 0.4) is 0 Å². The van der Waals surface area contributed by atoms with E-state index in [4.69, 9.17) is 0 Å². The first kappa shape index (κ1) is 8.11. The Kier molecular flexibility index (Phi) is 2.52. The van der Waals surface area contributed by atoms with Crippen LogP contribution >= 0.6 is 0 Å². The molecule has 0 aromatic carbocycles. The van der Waals surface area contributed by atoms with Crippen LogP contribution in [-0.4, -0.2) is 31.1 Å². The second-order valence-corrected chi connectivity index (χ2v) is 2.69. The molecule has 0 spiro atoms. The second-order valence-electron chi connectivity index (χ2n) is 2.69. The monoisotopic (exact) mass is 155 g/mol. The van der Waals surface area contributed by atoms with Crippen molar-refractivity contribution in [3.63, 3.8) is 0 Å². The number of hydrogen-bond acceptors (Lipinski definition) is 3. The van der Waals surface area contributed by atoms with Gasteiger partial charge in [0.05, 0.1) is 13.0 Å². The van der Waals surface area contributed by atoms with E-state index in [-0.39, 0.29) is 11.9 Å². The van der Waals surface area contributed by atoms with Gasteiger partial charge in [-0.2, -0.15) is 0 Å². The van der Waals surface area contributed by atoms with E-state index >= 15 is 0 Å². The fraction of sp³-hybridized carbons (Fsp3) is 0.625. The lowest BCUT2D eigenvalue weighted by Crippen LogP contribution is -2.19. The third kappa shape index (κ3) is 1.73. The number of carbonyl (C=O) groups is 1. The number of nitrogens with zero attached hydrogens (tertiary/aromatic N) is 1. The van der Waals surface area contributed by atoms with Crippen molar-refractivity contribution in [2.75, 3.05) is 20.2 Å². The Labute approximate surface area is 66.6 Å². The van der Waals surface area contributed by atoms with Gasteiger partial charge in [0.25, 0.3) is 0 Å². The molecule has 0 bridgehead atoms. The van der Waals surface area contributed by atoms with Gasteiger partial charge in [-0.15, -0.1) is 0 Å². The molecule has 0 radical (unpaired) electrons. The average molecular weight is 155 g/mol. The van der Waals surface area contributed by atoms with Gasteiger partial charge < -0.3 is 9.64 Å². The summed E-state index contributed by atoms with van der Waals surface area (Å²) in [7, 11) is 1.43. The molecule has 0 amide bonds. The van der Waals surface area contributed by atoms with Crippen molar-refractivity contribution in [1.29, 1.82) is 0 Å². The number of carbonyl (C=O) groups excluding carboxylic acids is 1.